The Kier molecular flexibility index (Phi) is 14.2. The third kappa shape index (κ3) is 11.5. The van der Waals surface area contributed by atoms with Crippen molar-refractivity contribution in [3.05, 3.63) is 64.1 Å². The number of amides is 2. The molecule has 9 heteroatoms. The highest BCUT2D eigenvalue weighted by molar-refractivity contribution is 9.10. The smallest absolute Gasteiger partial charge is 0.429 e. The number of nitrogens with one attached hydrogen (secondary N) is 2. The molecule has 1 fully saturated rings. The number of ether oxygens (including phenoxy) is 2. The maximum absolute atomic E-state index is 13.1. The average Bonchev–Trinajstić information content (AvgIpc) is 2.99. The highest BCUT2D eigenvalue weighted by Crippen LogP contribution is 2.28. The number of nitrogens with two attached hydrogens (primary N) is 1. The maximum atomic E-state index is 13.1. The van der Waals surface area contributed by atoms with Gasteiger partial charge >= 0.3 is 6.16 Å². The molecule has 0 saturated heterocycles. The minimum absolute atomic E-state index is 0.0729. The summed E-state index contributed by atoms with van der Waals surface area (Å²) in [4.78, 5) is 38.4. The molecular formula is C32H44BrN3O5. The van der Waals surface area contributed by atoms with Gasteiger partial charge in [-0.05, 0) is 68.3 Å². The largest absolute Gasteiger partial charge is 0.514 e. The minimum Gasteiger partial charge on any atom is -0.429 e. The fourth-order valence-electron chi connectivity index (χ4n) is 5.03. The molecule has 1 atom stereocenters. The van der Waals surface area contributed by atoms with E-state index in [4.69, 9.17) is 15.2 Å². The third-order valence-corrected chi connectivity index (χ3v) is 8.40. The van der Waals surface area contributed by atoms with Gasteiger partial charge in [-0.15, -0.1) is 0 Å². The monoisotopic (exact) mass is 629 g/mol. The van der Waals surface area contributed by atoms with Crippen molar-refractivity contribution in [2.45, 2.75) is 83.8 Å². The Morgan fingerprint density at radius 1 is 0.976 bits per heavy atom. The van der Waals surface area contributed by atoms with E-state index in [1.54, 1.807) is 24.3 Å². The number of halogens is 1. The molecule has 0 spiro atoms. The molecule has 0 radical (unpaired) electrons. The van der Waals surface area contributed by atoms with E-state index in [9.17, 15) is 14.4 Å². The van der Waals surface area contributed by atoms with Crippen LogP contribution in [0.15, 0.2) is 53.0 Å². The molecule has 0 aromatic heterocycles. The molecule has 2 aromatic carbocycles. The number of rotatable bonds is 15. The van der Waals surface area contributed by atoms with Crippen LogP contribution in [0, 0.1) is 11.8 Å². The van der Waals surface area contributed by atoms with Crippen molar-refractivity contribution in [3.63, 3.8) is 0 Å². The summed E-state index contributed by atoms with van der Waals surface area (Å²) in [6, 6.07) is 13.7. The second-order valence-corrected chi connectivity index (χ2v) is 11.7. The van der Waals surface area contributed by atoms with E-state index in [0.29, 0.717) is 31.2 Å². The molecule has 1 aliphatic rings. The first kappa shape index (κ1) is 32.6. The minimum atomic E-state index is -0.804. The Morgan fingerprint density at radius 3 is 2.37 bits per heavy atom. The number of hydrogen-bond acceptors (Lipinski definition) is 6. The molecule has 224 valence electrons. The lowest BCUT2D eigenvalue weighted by Gasteiger charge is -2.28. The summed E-state index contributed by atoms with van der Waals surface area (Å²) in [5, 5.41) is 6.04. The van der Waals surface area contributed by atoms with Gasteiger partial charge in [0.1, 0.15) is 18.4 Å². The molecule has 41 heavy (non-hydrogen) atoms. The summed E-state index contributed by atoms with van der Waals surface area (Å²) in [7, 11) is 0. The molecule has 2 aromatic rings. The Labute approximate surface area is 252 Å². The van der Waals surface area contributed by atoms with Crippen LogP contribution < -0.4 is 21.1 Å². The molecule has 0 bridgehead atoms. The standard InChI is InChI=1S/C32H44BrN3O5/c1-2-3-4-5-8-19-35-31(38)29(36-30(37)25-15-11-24(21-34)12-16-25)20-23-13-17-27(18-14-23)41-32(39)40-22-26-9-6-7-10-28(26)33/h6-7,9-10,13-14,17-18,24-25,29H,2-5,8,11-12,15-16,19-22,34H2,1H3,(H,35,38)(H,36,37)/t24?,25?,29-/m0/s1. The van der Waals surface area contributed by atoms with Crippen LogP contribution in [0.4, 0.5) is 4.79 Å². The van der Waals surface area contributed by atoms with Gasteiger partial charge in [-0.25, -0.2) is 4.79 Å². The highest BCUT2D eigenvalue weighted by Gasteiger charge is 2.29. The average molecular weight is 631 g/mol. The SMILES string of the molecule is CCCCCCCNC(=O)[C@H](Cc1ccc(OC(=O)OCc2ccccc2Br)cc1)NC(=O)C1CCC(CN)CC1. The zero-order valence-corrected chi connectivity index (χ0v) is 25.6. The summed E-state index contributed by atoms with van der Waals surface area (Å²) in [5.74, 6) is 0.459. The van der Waals surface area contributed by atoms with E-state index in [1.807, 2.05) is 24.3 Å². The zero-order valence-electron chi connectivity index (χ0n) is 24.0. The van der Waals surface area contributed by atoms with Crippen LogP contribution in [0.2, 0.25) is 0 Å². The molecule has 1 saturated carbocycles. The van der Waals surface area contributed by atoms with Crippen molar-refractivity contribution >= 4 is 33.9 Å². The summed E-state index contributed by atoms with van der Waals surface area (Å²) in [6.45, 7) is 3.50. The molecule has 4 N–H and O–H groups in total. The van der Waals surface area contributed by atoms with Crippen molar-refractivity contribution in [3.8, 4) is 5.75 Å². The van der Waals surface area contributed by atoms with E-state index in [-0.39, 0.29) is 24.3 Å². The lowest BCUT2D eigenvalue weighted by atomic mass is 9.81. The molecule has 8 nitrogen and oxygen atoms in total. The van der Waals surface area contributed by atoms with E-state index < -0.39 is 12.2 Å². The van der Waals surface area contributed by atoms with Gasteiger partial charge in [-0.3, -0.25) is 9.59 Å². The van der Waals surface area contributed by atoms with Crippen LogP contribution in [0.3, 0.4) is 0 Å². The van der Waals surface area contributed by atoms with E-state index in [1.165, 1.54) is 12.8 Å². The number of benzene rings is 2. The van der Waals surface area contributed by atoms with Crippen molar-refractivity contribution in [2.75, 3.05) is 13.1 Å². The fourth-order valence-corrected chi connectivity index (χ4v) is 5.43. The van der Waals surface area contributed by atoms with Gasteiger partial charge < -0.3 is 25.8 Å². The van der Waals surface area contributed by atoms with E-state index in [2.05, 4.69) is 33.5 Å². The molecule has 0 heterocycles. The van der Waals surface area contributed by atoms with Crippen LogP contribution in [-0.2, 0) is 27.4 Å². The van der Waals surface area contributed by atoms with Gasteiger partial charge in [0.15, 0.2) is 0 Å². The van der Waals surface area contributed by atoms with Gasteiger partial charge in [-0.2, -0.15) is 0 Å². The van der Waals surface area contributed by atoms with Gasteiger partial charge in [0.05, 0.1) is 0 Å². The van der Waals surface area contributed by atoms with Gasteiger partial charge in [-0.1, -0.05) is 78.9 Å². The molecule has 0 aliphatic heterocycles. The number of carbonyl (C=O) groups is 3. The summed E-state index contributed by atoms with van der Waals surface area (Å²) >= 11 is 3.43. The predicted octanol–water partition coefficient (Wildman–Crippen LogP) is 6.04. The van der Waals surface area contributed by atoms with E-state index >= 15 is 0 Å². The van der Waals surface area contributed by atoms with Crippen molar-refractivity contribution in [2.24, 2.45) is 17.6 Å². The lowest BCUT2D eigenvalue weighted by Crippen LogP contribution is -2.50. The number of unbranched alkanes of at least 4 members (excludes halogenated alkanes) is 4. The van der Waals surface area contributed by atoms with Gasteiger partial charge in [0.25, 0.3) is 0 Å². The first-order chi connectivity index (χ1) is 19.9. The molecular weight excluding hydrogens is 586 g/mol. The topological polar surface area (TPSA) is 120 Å². The second-order valence-electron chi connectivity index (χ2n) is 10.8. The molecule has 1 aliphatic carbocycles. The van der Waals surface area contributed by atoms with Crippen molar-refractivity contribution in [1.82, 2.24) is 10.6 Å². The predicted molar refractivity (Wildman–Crippen MR) is 163 cm³/mol. The second kappa shape index (κ2) is 17.8. The van der Waals surface area contributed by atoms with Crippen LogP contribution in [0.1, 0.15) is 75.8 Å². The first-order valence-electron chi connectivity index (χ1n) is 14.8. The van der Waals surface area contributed by atoms with Gasteiger partial charge in [0, 0.05) is 28.9 Å². The van der Waals surface area contributed by atoms with Gasteiger partial charge in [0.2, 0.25) is 11.8 Å². The Balaban J connectivity index is 1.55. The fraction of sp³-hybridized carbons (Fsp3) is 0.531. The lowest BCUT2D eigenvalue weighted by molar-refractivity contribution is -0.131. The van der Waals surface area contributed by atoms with Crippen LogP contribution in [0.25, 0.3) is 0 Å². The Bertz CT molecular complexity index is 1100. The molecule has 0 unspecified atom stereocenters. The number of hydrogen-bond donors (Lipinski definition) is 3. The maximum Gasteiger partial charge on any atom is 0.514 e. The summed E-state index contributed by atoms with van der Waals surface area (Å²) in [5.41, 5.74) is 7.48. The summed E-state index contributed by atoms with van der Waals surface area (Å²) < 4.78 is 11.4. The Hall–Kier alpha value is -2.91. The summed E-state index contributed by atoms with van der Waals surface area (Å²) in [6.07, 6.45) is 8.51. The first-order valence-corrected chi connectivity index (χ1v) is 15.6. The number of carbonyl (C=O) groups excluding carboxylic acids is 3. The quantitative estimate of drug-likeness (QED) is 0.125. The van der Waals surface area contributed by atoms with E-state index in [0.717, 1.165) is 60.5 Å². The van der Waals surface area contributed by atoms with Crippen LogP contribution in [-0.4, -0.2) is 37.1 Å². The third-order valence-electron chi connectivity index (χ3n) is 7.63. The molecule has 2 amide bonds. The zero-order chi connectivity index (χ0) is 29.5. The van der Waals surface area contributed by atoms with Crippen molar-refractivity contribution in [1.29, 1.82) is 0 Å². The normalized spacial score (nSPS) is 17.3. The van der Waals surface area contributed by atoms with Crippen molar-refractivity contribution < 1.29 is 23.9 Å². The van der Waals surface area contributed by atoms with Crippen LogP contribution >= 0.6 is 15.9 Å². The Morgan fingerprint density at radius 2 is 1.68 bits per heavy atom. The van der Waals surface area contributed by atoms with Crippen LogP contribution in [0.5, 0.6) is 5.75 Å². The molecule has 3 rings (SSSR count). The highest BCUT2D eigenvalue weighted by atomic mass is 79.9.